The average Bonchev–Trinajstić information content (AvgIpc) is 3.50. The molecule has 9 atom stereocenters. The summed E-state index contributed by atoms with van der Waals surface area (Å²) in [5, 5.41) is 0. The highest BCUT2D eigenvalue weighted by Crippen LogP contribution is 2.79. The van der Waals surface area contributed by atoms with E-state index in [2.05, 4.69) is 48.5 Å². The van der Waals surface area contributed by atoms with Gasteiger partial charge in [-0.1, -0.05) is 62.3 Å². The van der Waals surface area contributed by atoms with Crippen molar-refractivity contribution >= 4 is 11.9 Å². The molecule has 1 aromatic heterocycles. The fourth-order valence-electron chi connectivity index (χ4n) is 13.4. The zero-order valence-corrected chi connectivity index (χ0v) is 31.2. The number of hydrogen-bond donors (Lipinski definition) is 0. The summed E-state index contributed by atoms with van der Waals surface area (Å²) in [7, 11) is 1.63. The third kappa shape index (κ3) is 3.85. The van der Waals surface area contributed by atoms with Gasteiger partial charge in [0.15, 0.2) is 0 Å². The normalized spacial score (nSPS) is 42.1. The Morgan fingerprint density at radius 1 is 0.854 bits per heavy atom. The molecule has 6 aliphatic rings. The Bertz CT molecular complexity index is 1710. The van der Waals surface area contributed by atoms with E-state index in [4.69, 9.17) is 9.47 Å². The first-order valence-electron chi connectivity index (χ1n) is 18.9. The molecule has 0 spiro atoms. The fourth-order valence-corrected chi connectivity index (χ4v) is 13.4. The Labute approximate surface area is 285 Å². The van der Waals surface area contributed by atoms with Gasteiger partial charge in [-0.05, 0) is 103 Å². The highest BCUT2D eigenvalue weighted by Gasteiger charge is 2.73. The molecular weight excluding hydrogens is 606 g/mol. The van der Waals surface area contributed by atoms with E-state index in [1.165, 1.54) is 15.7 Å². The highest BCUT2D eigenvalue weighted by molar-refractivity contribution is 5.69. The maximum atomic E-state index is 14.3. The van der Waals surface area contributed by atoms with E-state index in [1.807, 2.05) is 23.2 Å². The van der Waals surface area contributed by atoms with Crippen LogP contribution in [0.2, 0.25) is 0 Å². The quantitative estimate of drug-likeness (QED) is 0.249. The molecule has 7 rings (SSSR count). The number of carbonyl (C=O) groups is 2. The minimum atomic E-state index is -0.642. The van der Waals surface area contributed by atoms with E-state index in [9.17, 15) is 19.2 Å². The number of esters is 2. The van der Waals surface area contributed by atoms with Crippen molar-refractivity contribution in [3.05, 3.63) is 32.1 Å². The molecule has 9 heteroatoms. The van der Waals surface area contributed by atoms with Gasteiger partial charge in [0, 0.05) is 30.7 Å². The van der Waals surface area contributed by atoms with Gasteiger partial charge in [0.25, 0.3) is 0 Å². The Morgan fingerprint density at radius 2 is 1.52 bits per heavy atom. The number of allylic oxidation sites excluding steroid dienone is 1. The Kier molecular flexibility index (Phi) is 7.40. The summed E-state index contributed by atoms with van der Waals surface area (Å²) in [5.41, 5.74) is 0.821. The molecular formula is C39H59N3O6. The van der Waals surface area contributed by atoms with E-state index >= 15 is 0 Å². The van der Waals surface area contributed by atoms with Crippen molar-refractivity contribution in [2.45, 2.75) is 151 Å². The van der Waals surface area contributed by atoms with E-state index in [0.29, 0.717) is 31.3 Å². The van der Waals surface area contributed by atoms with Gasteiger partial charge in [0.2, 0.25) is 0 Å². The van der Waals surface area contributed by atoms with Crippen LogP contribution in [0.4, 0.5) is 0 Å². The Morgan fingerprint density at radius 3 is 2.17 bits per heavy atom. The van der Waals surface area contributed by atoms with Crippen LogP contribution in [0.15, 0.2) is 20.7 Å². The molecule has 5 aliphatic carbocycles. The first-order chi connectivity index (χ1) is 22.4. The van der Waals surface area contributed by atoms with Crippen molar-refractivity contribution in [2.75, 3.05) is 6.61 Å². The fraction of sp³-hybridized carbons (Fsp3) is 0.846. The molecule has 0 N–H and O–H groups in total. The van der Waals surface area contributed by atoms with Crippen LogP contribution >= 0.6 is 0 Å². The van der Waals surface area contributed by atoms with Gasteiger partial charge in [-0.25, -0.2) is 23.5 Å². The lowest BCUT2D eigenvalue weighted by molar-refractivity contribution is -0.219. The Hall–Kier alpha value is -2.58. The van der Waals surface area contributed by atoms with E-state index in [-0.39, 0.29) is 68.5 Å². The van der Waals surface area contributed by atoms with Gasteiger partial charge in [0.05, 0.1) is 11.6 Å². The summed E-state index contributed by atoms with van der Waals surface area (Å²) in [6, 6.07) is -0.231. The molecule has 0 radical (unpaired) electrons. The summed E-state index contributed by atoms with van der Waals surface area (Å²) in [6.45, 7) is 20.6. The molecule has 48 heavy (non-hydrogen) atoms. The third-order valence-electron chi connectivity index (χ3n) is 16.1. The zero-order valence-electron chi connectivity index (χ0n) is 31.2. The van der Waals surface area contributed by atoms with Crippen LogP contribution in [-0.2, 0) is 31.6 Å². The van der Waals surface area contributed by atoms with Crippen LogP contribution in [0.1, 0.15) is 139 Å². The van der Waals surface area contributed by atoms with Crippen molar-refractivity contribution in [3.8, 4) is 0 Å². The second kappa shape index (κ2) is 10.5. The lowest BCUT2D eigenvalue weighted by Gasteiger charge is -2.72. The number of hydrogen-bond acceptors (Lipinski definition) is 6. The summed E-state index contributed by atoms with van der Waals surface area (Å²) >= 11 is 0. The third-order valence-corrected chi connectivity index (χ3v) is 16.1. The summed E-state index contributed by atoms with van der Waals surface area (Å²) in [5.74, 6) is 0.428. The largest absolute Gasteiger partial charge is 0.465 e. The van der Waals surface area contributed by atoms with Crippen molar-refractivity contribution in [1.82, 2.24) is 13.9 Å². The van der Waals surface area contributed by atoms with Crippen LogP contribution in [0, 0.1) is 44.8 Å². The molecule has 2 heterocycles. The van der Waals surface area contributed by atoms with Crippen LogP contribution in [0.25, 0.3) is 0 Å². The minimum Gasteiger partial charge on any atom is -0.465 e. The summed E-state index contributed by atoms with van der Waals surface area (Å²) < 4.78 is 17.3. The highest BCUT2D eigenvalue weighted by atomic mass is 16.5. The van der Waals surface area contributed by atoms with Crippen LogP contribution < -0.4 is 11.4 Å². The van der Waals surface area contributed by atoms with Crippen LogP contribution in [-0.4, -0.2) is 38.6 Å². The number of fused-ring (bicyclic) bond motifs is 7. The molecule has 1 unspecified atom stereocenters. The average molecular weight is 666 g/mol. The first-order valence-corrected chi connectivity index (χ1v) is 18.9. The van der Waals surface area contributed by atoms with E-state index in [0.717, 1.165) is 57.8 Å². The SMILES string of the molecule is CCC(=O)OC[C@]12CC[C@]3(C(C)C)C1=C1C(C[C@@H]4[C@@]5(C)CC[C@H](OC(=O)CC)C(C)(C)[C@@H]5CC[C@@]4(C)[C@]1(C)CC2)n1c(=O)n(C)c(=O)n13. The number of nitrogens with zero attached hydrogens (tertiary/aromatic N) is 3. The number of rotatable bonds is 6. The lowest BCUT2D eigenvalue weighted by atomic mass is 9.33. The zero-order chi connectivity index (χ0) is 35.0. The molecule has 4 fully saturated rings. The second-order valence-electron chi connectivity index (χ2n) is 18.3. The van der Waals surface area contributed by atoms with E-state index < -0.39 is 5.54 Å². The van der Waals surface area contributed by atoms with Gasteiger partial charge in [0.1, 0.15) is 12.7 Å². The van der Waals surface area contributed by atoms with Crippen molar-refractivity contribution in [1.29, 1.82) is 0 Å². The molecule has 1 aromatic rings. The second-order valence-corrected chi connectivity index (χ2v) is 18.3. The van der Waals surface area contributed by atoms with Gasteiger partial charge < -0.3 is 9.47 Å². The lowest BCUT2D eigenvalue weighted by Crippen LogP contribution is -2.67. The summed E-state index contributed by atoms with van der Waals surface area (Å²) in [4.78, 5) is 53.8. The molecule has 266 valence electrons. The predicted molar refractivity (Wildman–Crippen MR) is 183 cm³/mol. The number of carbonyl (C=O) groups excluding carboxylic acids is 2. The van der Waals surface area contributed by atoms with Gasteiger partial charge in [-0.3, -0.25) is 9.59 Å². The smallest absolute Gasteiger partial charge is 0.347 e. The molecule has 0 bridgehead atoms. The molecule has 0 aromatic carbocycles. The topological polar surface area (TPSA) is 102 Å². The number of ether oxygens (including phenoxy) is 2. The number of aromatic nitrogens is 3. The van der Waals surface area contributed by atoms with Gasteiger partial charge >= 0.3 is 23.3 Å². The first kappa shape index (κ1) is 33.9. The standard InChI is InChI=1S/C39H59N3O6/c1-11-28(43)47-22-38-18-17-37(9)30-24(41-32(45)40(10)33(46)42(41)39(20-19-38,23(3)4)31(30)38)21-26-35(7)15-14-27(48-29(44)12-2)34(5,6)25(35)13-16-36(26,37)8/h23-27H,11-22H2,1-10H3/t24?,25-,26+,27-,35-,36+,37+,38-,39-/m0/s1. The Balaban J connectivity index is 1.45. The van der Waals surface area contributed by atoms with Crippen molar-refractivity contribution < 1.29 is 19.1 Å². The van der Waals surface area contributed by atoms with Crippen molar-refractivity contribution in [2.24, 2.45) is 51.9 Å². The van der Waals surface area contributed by atoms with E-state index in [1.54, 1.807) is 7.05 Å². The molecule has 0 saturated heterocycles. The predicted octanol–water partition coefficient (Wildman–Crippen LogP) is 6.67. The van der Waals surface area contributed by atoms with Crippen molar-refractivity contribution in [3.63, 3.8) is 0 Å². The molecule has 1 aliphatic heterocycles. The molecule has 4 saturated carbocycles. The van der Waals surface area contributed by atoms with Gasteiger partial charge in [-0.2, -0.15) is 0 Å². The van der Waals surface area contributed by atoms with Crippen LogP contribution in [0.5, 0.6) is 0 Å². The molecule has 9 nitrogen and oxygen atoms in total. The monoisotopic (exact) mass is 665 g/mol. The maximum Gasteiger partial charge on any atom is 0.347 e. The summed E-state index contributed by atoms with van der Waals surface area (Å²) in [6.07, 6.45) is 8.85. The maximum absolute atomic E-state index is 14.3. The van der Waals surface area contributed by atoms with Gasteiger partial charge in [-0.15, -0.1) is 0 Å². The molecule has 0 amide bonds. The van der Waals surface area contributed by atoms with Crippen LogP contribution in [0.3, 0.4) is 0 Å². The minimum absolute atomic E-state index is 0.0260.